The SMILES string of the molecule is NC(=O)CC[C@H]1NC(=O)CNC(=O)[C@H](CCCN=C(N)N)NC(=O)[C@H](Cc2ccc(O)cc2)NC1=O. The Morgan fingerprint density at radius 2 is 1.50 bits per heavy atom. The fraction of sp³-hybridized carbons (Fsp3) is 0.455. The standard InChI is InChI=1S/C22H32N8O6/c23-17(32)8-7-15-20(35)30-16(10-12-3-5-13(31)6-4-12)21(36)29-14(2-1-9-26-22(24)25)19(34)27-11-18(33)28-15/h3-6,14-16,31H,1-2,7-11H2,(H2,23,32)(H,27,34)(H,28,33)(H,29,36)(H,30,35)(H4,24,25,26)/t14-,15+,16-/m0/s1. The van der Waals surface area contributed by atoms with Crippen LogP contribution in [0.3, 0.4) is 0 Å². The van der Waals surface area contributed by atoms with Crippen LogP contribution >= 0.6 is 0 Å². The Morgan fingerprint density at radius 1 is 0.889 bits per heavy atom. The highest BCUT2D eigenvalue weighted by molar-refractivity contribution is 5.96. The lowest BCUT2D eigenvalue weighted by atomic mass is 10.0. The Kier molecular flexibility index (Phi) is 10.5. The van der Waals surface area contributed by atoms with E-state index >= 15 is 0 Å². The molecule has 1 saturated heterocycles. The number of guanidine groups is 1. The normalized spacial score (nSPS) is 21.1. The summed E-state index contributed by atoms with van der Waals surface area (Å²) in [6, 6.07) is 2.70. The molecular formula is C22H32N8O6. The van der Waals surface area contributed by atoms with Gasteiger partial charge in [-0.25, -0.2) is 0 Å². The maximum absolute atomic E-state index is 13.2. The molecule has 0 radical (unpaired) electrons. The average Bonchev–Trinajstić information content (AvgIpc) is 2.81. The average molecular weight is 505 g/mol. The Labute approximate surface area is 207 Å². The number of benzene rings is 1. The highest BCUT2D eigenvalue weighted by atomic mass is 16.3. The lowest BCUT2D eigenvalue weighted by molar-refractivity contribution is -0.135. The molecule has 1 aliphatic rings. The summed E-state index contributed by atoms with van der Waals surface area (Å²) in [5.74, 6) is -3.35. The zero-order valence-electron chi connectivity index (χ0n) is 19.7. The molecule has 14 heteroatoms. The molecule has 3 atom stereocenters. The van der Waals surface area contributed by atoms with Gasteiger partial charge in [-0.2, -0.15) is 0 Å². The maximum atomic E-state index is 13.2. The maximum Gasteiger partial charge on any atom is 0.243 e. The number of carbonyl (C=O) groups excluding carboxylic acids is 5. The molecule has 1 fully saturated rings. The molecule has 1 aromatic carbocycles. The summed E-state index contributed by atoms with van der Waals surface area (Å²) < 4.78 is 0. The highest BCUT2D eigenvalue weighted by Gasteiger charge is 2.31. The van der Waals surface area contributed by atoms with Gasteiger partial charge in [0.1, 0.15) is 23.9 Å². The molecule has 0 bridgehead atoms. The van der Waals surface area contributed by atoms with Gasteiger partial charge in [0, 0.05) is 19.4 Å². The Balaban J connectivity index is 2.29. The predicted octanol–water partition coefficient (Wildman–Crippen LogP) is -3.16. The number of phenolic OH excluding ortho intramolecular Hbond substituents is 1. The number of nitrogens with one attached hydrogen (secondary N) is 4. The lowest BCUT2D eigenvalue weighted by Crippen LogP contribution is -2.59. The largest absolute Gasteiger partial charge is 0.508 e. The van der Waals surface area contributed by atoms with Gasteiger partial charge in [0.25, 0.3) is 0 Å². The molecule has 1 heterocycles. The van der Waals surface area contributed by atoms with Gasteiger partial charge in [0.2, 0.25) is 29.5 Å². The number of rotatable bonds is 9. The number of aromatic hydroxyl groups is 1. The smallest absolute Gasteiger partial charge is 0.243 e. The molecule has 0 saturated carbocycles. The first-order valence-electron chi connectivity index (χ1n) is 11.3. The molecule has 0 aliphatic carbocycles. The highest BCUT2D eigenvalue weighted by Crippen LogP contribution is 2.12. The summed E-state index contributed by atoms with van der Waals surface area (Å²) in [6.45, 7) is -0.228. The van der Waals surface area contributed by atoms with Crippen molar-refractivity contribution in [1.82, 2.24) is 21.3 Å². The molecule has 196 valence electrons. The summed E-state index contributed by atoms with van der Waals surface area (Å²) >= 11 is 0. The first-order valence-corrected chi connectivity index (χ1v) is 11.3. The zero-order chi connectivity index (χ0) is 26.7. The van der Waals surface area contributed by atoms with Gasteiger partial charge in [-0.1, -0.05) is 12.1 Å². The summed E-state index contributed by atoms with van der Waals surface area (Å²) in [5.41, 5.74) is 16.4. The van der Waals surface area contributed by atoms with Gasteiger partial charge in [-0.05, 0) is 37.0 Å². The number of primary amides is 1. The molecule has 1 aliphatic heterocycles. The van der Waals surface area contributed by atoms with E-state index in [9.17, 15) is 29.1 Å². The minimum Gasteiger partial charge on any atom is -0.508 e. The molecule has 0 spiro atoms. The Morgan fingerprint density at radius 3 is 2.14 bits per heavy atom. The van der Waals surface area contributed by atoms with Crippen LogP contribution in [0, 0.1) is 0 Å². The second kappa shape index (κ2) is 13.5. The summed E-state index contributed by atoms with van der Waals surface area (Å²) in [6.07, 6.45) is 0.264. The number of carbonyl (C=O) groups is 5. The van der Waals surface area contributed by atoms with Crippen LogP contribution in [0.15, 0.2) is 29.3 Å². The van der Waals surface area contributed by atoms with Crippen molar-refractivity contribution >= 4 is 35.5 Å². The van der Waals surface area contributed by atoms with Crippen molar-refractivity contribution < 1.29 is 29.1 Å². The molecule has 36 heavy (non-hydrogen) atoms. The van der Waals surface area contributed by atoms with Crippen LogP contribution in [-0.4, -0.2) is 71.8 Å². The number of nitrogens with two attached hydrogens (primary N) is 3. The van der Waals surface area contributed by atoms with Gasteiger partial charge in [-0.15, -0.1) is 0 Å². The second-order valence-corrected chi connectivity index (χ2v) is 8.28. The quantitative estimate of drug-likeness (QED) is 0.0966. The van der Waals surface area contributed by atoms with Gasteiger partial charge in [-0.3, -0.25) is 29.0 Å². The van der Waals surface area contributed by atoms with Crippen molar-refractivity contribution in [2.24, 2.45) is 22.2 Å². The van der Waals surface area contributed by atoms with Crippen LogP contribution in [0.4, 0.5) is 0 Å². The number of nitrogens with zero attached hydrogens (tertiary/aromatic N) is 1. The summed E-state index contributed by atoms with van der Waals surface area (Å²) in [7, 11) is 0. The fourth-order valence-corrected chi connectivity index (χ4v) is 3.49. The van der Waals surface area contributed by atoms with E-state index in [1.165, 1.54) is 12.1 Å². The van der Waals surface area contributed by atoms with E-state index in [4.69, 9.17) is 17.2 Å². The van der Waals surface area contributed by atoms with Gasteiger partial charge < -0.3 is 43.6 Å². The van der Waals surface area contributed by atoms with E-state index in [0.29, 0.717) is 12.0 Å². The van der Waals surface area contributed by atoms with E-state index < -0.39 is 54.2 Å². The third-order valence-electron chi connectivity index (χ3n) is 5.34. The van der Waals surface area contributed by atoms with Gasteiger partial charge >= 0.3 is 0 Å². The van der Waals surface area contributed by atoms with Crippen molar-refractivity contribution in [3.8, 4) is 5.75 Å². The van der Waals surface area contributed by atoms with Gasteiger partial charge in [0.15, 0.2) is 5.96 Å². The second-order valence-electron chi connectivity index (χ2n) is 8.28. The van der Waals surface area contributed by atoms with E-state index in [0.717, 1.165) is 0 Å². The van der Waals surface area contributed by atoms with Crippen molar-refractivity contribution in [2.75, 3.05) is 13.1 Å². The number of hydrogen-bond acceptors (Lipinski definition) is 7. The Bertz CT molecular complexity index is 993. The number of aliphatic imine (C=N–C) groups is 1. The summed E-state index contributed by atoms with van der Waals surface area (Å²) in [4.78, 5) is 66.4. The van der Waals surface area contributed by atoms with E-state index in [-0.39, 0.29) is 43.9 Å². The molecule has 0 unspecified atom stereocenters. The van der Waals surface area contributed by atoms with Crippen LogP contribution in [0.25, 0.3) is 0 Å². The minimum atomic E-state index is -1.16. The minimum absolute atomic E-state index is 0.0245. The first-order chi connectivity index (χ1) is 17.0. The van der Waals surface area contributed by atoms with Crippen molar-refractivity contribution in [3.63, 3.8) is 0 Å². The number of amides is 5. The summed E-state index contributed by atoms with van der Waals surface area (Å²) in [5, 5.41) is 19.7. The number of hydrogen-bond donors (Lipinski definition) is 8. The van der Waals surface area contributed by atoms with E-state index in [1.54, 1.807) is 12.1 Å². The zero-order valence-corrected chi connectivity index (χ0v) is 19.7. The van der Waals surface area contributed by atoms with Crippen LogP contribution < -0.4 is 38.5 Å². The molecule has 11 N–H and O–H groups in total. The Hall–Kier alpha value is -4.36. The van der Waals surface area contributed by atoms with Crippen molar-refractivity contribution in [2.45, 2.75) is 50.2 Å². The molecule has 1 aromatic rings. The molecule has 5 amide bonds. The van der Waals surface area contributed by atoms with Crippen LogP contribution in [-0.2, 0) is 30.4 Å². The molecule has 0 aromatic heterocycles. The van der Waals surface area contributed by atoms with E-state index in [2.05, 4.69) is 26.3 Å². The first kappa shape index (κ1) is 27.9. The third-order valence-corrected chi connectivity index (χ3v) is 5.34. The molecule has 2 rings (SSSR count). The predicted molar refractivity (Wildman–Crippen MR) is 129 cm³/mol. The van der Waals surface area contributed by atoms with E-state index in [1.807, 2.05) is 0 Å². The molecule has 14 nitrogen and oxygen atoms in total. The van der Waals surface area contributed by atoms with Gasteiger partial charge in [0.05, 0.1) is 6.54 Å². The van der Waals surface area contributed by atoms with Crippen LogP contribution in [0.1, 0.15) is 31.2 Å². The monoisotopic (exact) mass is 504 g/mol. The number of phenols is 1. The van der Waals surface area contributed by atoms with Crippen molar-refractivity contribution in [1.29, 1.82) is 0 Å². The van der Waals surface area contributed by atoms with Crippen LogP contribution in [0.5, 0.6) is 5.75 Å². The topological polar surface area (TPSA) is 244 Å². The lowest BCUT2D eigenvalue weighted by Gasteiger charge is -2.27. The van der Waals surface area contributed by atoms with Crippen molar-refractivity contribution in [3.05, 3.63) is 29.8 Å². The fourth-order valence-electron chi connectivity index (χ4n) is 3.49. The third kappa shape index (κ3) is 9.48. The molecular weight excluding hydrogens is 472 g/mol. The van der Waals surface area contributed by atoms with Crippen LogP contribution in [0.2, 0.25) is 0 Å².